The zero-order valence-corrected chi connectivity index (χ0v) is 13.5. The van der Waals surface area contributed by atoms with Gasteiger partial charge in [0.25, 0.3) is 10.0 Å². The third-order valence-corrected chi connectivity index (χ3v) is 4.21. The minimum atomic E-state index is -3.75. The molecule has 0 fully saturated rings. The van der Waals surface area contributed by atoms with Crippen LogP contribution in [0.2, 0.25) is 0 Å². The number of hydrogen-bond acceptors (Lipinski definition) is 3. The van der Waals surface area contributed by atoms with Gasteiger partial charge in [-0.1, -0.05) is 60.7 Å². The van der Waals surface area contributed by atoms with Crippen LogP contribution in [0, 0.1) is 0 Å². The highest BCUT2D eigenvalue weighted by Gasteiger charge is 2.10. The van der Waals surface area contributed by atoms with E-state index < -0.39 is 15.9 Å². The zero-order valence-electron chi connectivity index (χ0n) is 12.7. The molecule has 2 rings (SSSR count). The van der Waals surface area contributed by atoms with Gasteiger partial charge in [0, 0.05) is 6.42 Å². The van der Waals surface area contributed by atoms with Crippen molar-refractivity contribution in [3.63, 3.8) is 0 Å². The summed E-state index contributed by atoms with van der Waals surface area (Å²) in [4.78, 5) is 11.7. The minimum absolute atomic E-state index is 0.174. The highest BCUT2D eigenvalue weighted by Crippen LogP contribution is 2.06. The van der Waals surface area contributed by atoms with Gasteiger partial charge >= 0.3 is 0 Å². The summed E-state index contributed by atoms with van der Waals surface area (Å²) in [6.45, 7) is 0. The van der Waals surface area contributed by atoms with E-state index >= 15 is 0 Å². The maximum atomic E-state index is 11.8. The Kier molecular flexibility index (Phi) is 6.11. The van der Waals surface area contributed by atoms with Crippen molar-refractivity contribution in [2.24, 2.45) is 0 Å². The summed E-state index contributed by atoms with van der Waals surface area (Å²) in [6.07, 6.45) is 2.98. The molecule has 120 valence electrons. The molecule has 2 aromatic rings. The Morgan fingerprint density at radius 2 is 1.57 bits per heavy atom. The zero-order chi connectivity index (χ0) is 16.5. The number of carbonyl (C=O) groups excluding carboxylic acids is 1. The lowest BCUT2D eigenvalue weighted by atomic mass is 10.1. The van der Waals surface area contributed by atoms with E-state index in [4.69, 9.17) is 0 Å². The van der Waals surface area contributed by atoms with Gasteiger partial charge < -0.3 is 0 Å². The predicted octanol–water partition coefficient (Wildman–Crippen LogP) is 3.13. The largest absolute Gasteiger partial charge is 0.274 e. The number of aryl methyl sites for hydroxylation is 1. The topological polar surface area (TPSA) is 63.2 Å². The summed E-state index contributed by atoms with van der Waals surface area (Å²) in [6, 6.07) is 18.8. The minimum Gasteiger partial charge on any atom is -0.274 e. The van der Waals surface area contributed by atoms with E-state index in [1.54, 1.807) is 12.1 Å². The van der Waals surface area contributed by atoms with Gasteiger partial charge in [-0.25, -0.2) is 13.1 Å². The first-order chi connectivity index (χ1) is 11.1. The predicted molar refractivity (Wildman–Crippen MR) is 91.9 cm³/mol. The highest BCUT2D eigenvalue weighted by atomic mass is 32.2. The summed E-state index contributed by atoms with van der Waals surface area (Å²) in [5, 5.41) is 1.01. The molecule has 23 heavy (non-hydrogen) atoms. The normalized spacial score (nSPS) is 11.5. The van der Waals surface area contributed by atoms with Gasteiger partial charge in [0.15, 0.2) is 0 Å². The number of benzene rings is 2. The molecule has 0 aliphatic rings. The lowest BCUT2D eigenvalue weighted by molar-refractivity contribution is -0.119. The van der Waals surface area contributed by atoms with Gasteiger partial charge in [-0.3, -0.25) is 4.79 Å². The van der Waals surface area contributed by atoms with E-state index in [0.717, 1.165) is 23.0 Å². The van der Waals surface area contributed by atoms with Crippen LogP contribution in [0.15, 0.2) is 66.1 Å². The monoisotopic (exact) mass is 329 g/mol. The Morgan fingerprint density at radius 1 is 0.957 bits per heavy atom. The molecule has 0 atom stereocenters. The van der Waals surface area contributed by atoms with Gasteiger partial charge in [-0.15, -0.1) is 0 Å². The van der Waals surface area contributed by atoms with Crippen LogP contribution in [0.4, 0.5) is 0 Å². The Morgan fingerprint density at radius 3 is 2.22 bits per heavy atom. The molecule has 0 spiro atoms. The summed E-state index contributed by atoms with van der Waals surface area (Å²) >= 11 is 0. The Balaban J connectivity index is 1.80. The fourth-order valence-corrected chi connectivity index (χ4v) is 2.90. The van der Waals surface area contributed by atoms with Crippen LogP contribution in [-0.2, 0) is 21.2 Å². The van der Waals surface area contributed by atoms with E-state index in [-0.39, 0.29) is 6.42 Å². The first-order valence-corrected chi connectivity index (χ1v) is 8.92. The molecular weight excluding hydrogens is 310 g/mol. The first-order valence-electron chi connectivity index (χ1n) is 7.38. The second kappa shape index (κ2) is 8.29. The van der Waals surface area contributed by atoms with Crippen LogP contribution in [0.1, 0.15) is 24.0 Å². The third kappa shape index (κ3) is 6.48. The lowest BCUT2D eigenvalue weighted by Crippen LogP contribution is -2.28. The van der Waals surface area contributed by atoms with E-state index in [2.05, 4.69) is 4.72 Å². The summed E-state index contributed by atoms with van der Waals surface area (Å²) in [5.41, 5.74) is 1.89. The molecule has 0 unspecified atom stereocenters. The molecule has 0 aliphatic heterocycles. The standard InChI is InChI=1S/C18H19NO3S/c20-18(13-7-12-16-8-3-1-4-9-16)19-23(21,22)15-14-17-10-5-2-6-11-17/h1-6,8-11,14-15H,7,12-13H2,(H,19,20)/b15-14+. The summed E-state index contributed by atoms with van der Waals surface area (Å²) < 4.78 is 25.7. The van der Waals surface area contributed by atoms with E-state index in [0.29, 0.717) is 6.42 Å². The number of rotatable bonds is 7. The van der Waals surface area contributed by atoms with Gasteiger partial charge in [0.1, 0.15) is 0 Å². The van der Waals surface area contributed by atoms with Gasteiger partial charge in [0.05, 0.1) is 5.41 Å². The van der Waals surface area contributed by atoms with Gasteiger partial charge in [-0.05, 0) is 30.0 Å². The lowest BCUT2D eigenvalue weighted by Gasteiger charge is -2.04. The molecule has 4 nitrogen and oxygen atoms in total. The van der Waals surface area contributed by atoms with Crippen molar-refractivity contribution >= 4 is 22.0 Å². The van der Waals surface area contributed by atoms with Gasteiger partial charge in [0.2, 0.25) is 5.91 Å². The average Bonchev–Trinajstić information content (AvgIpc) is 2.55. The van der Waals surface area contributed by atoms with E-state index in [1.807, 2.05) is 48.5 Å². The molecule has 1 N–H and O–H groups in total. The van der Waals surface area contributed by atoms with Crippen LogP contribution in [0.25, 0.3) is 6.08 Å². The quantitative estimate of drug-likeness (QED) is 0.849. The molecule has 5 heteroatoms. The number of amides is 1. The fourth-order valence-electron chi connectivity index (χ4n) is 2.07. The molecule has 0 bridgehead atoms. The van der Waals surface area contributed by atoms with E-state index in [1.165, 1.54) is 6.08 Å². The Labute approximate surface area is 136 Å². The summed E-state index contributed by atoms with van der Waals surface area (Å²) in [5.74, 6) is -0.487. The maximum Gasteiger partial charge on any atom is 0.257 e. The van der Waals surface area contributed by atoms with Gasteiger partial charge in [-0.2, -0.15) is 0 Å². The molecule has 0 saturated carbocycles. The highest BCUT2D eigenvalue weighted by molar-refractivity contribution is 7.93. The Hall–Kier alpha value is -2.40. The molecule has 0 heterocycles. The van der Waals surface area contributed by atoms with Crippen LogP contribution in [-0.4, -0.2) is 14.3 Å². The third-order valence-electron chi connectivity index (χ3n) is 3.21. The van der Waals surface area contributed by atoms with Crippen LogP contribution >= 0.6 is 0 Å². The number of nitrogens with one attached hydrogen (secondary N) is 1. The Bertz CT molecular complexity index is 753. The van der Waals surface area contributed by atoms with Crippen molar-refractivity contribution in [1.82, 2.24) is 4.72 Å². The summed E-state index contributed by atoms with van der Waals surface area (Å²) in [7, 11) is -3.75. The second-order valence-corrected chi connectivity index (χ2v) is 6.69. The van der Waals surface area contributed by atoms with Crippen molar-refractivity contribution in [2.75, 3.05) is 0 Å². The van der Waals surface area contributed by atoms with Crippen LogP contribution in [0.5, 0.6) is 0 Å². The average molecular weight is 329 g/mol. The maximum absolute atomic E-state index is 11.8. The molecule has 2 aromatic carbocycles. The van der Waals surface area contributed by atoms with Crippen LogP contribution < -0.4 is 4.72 Å². The van der Waals surface area contributed by atoms with Crippen molar-refractivity contribution in [1.29, 1.82) is 0 Å². The number of sulfonamides is 1. The molecule has 1 amide bonds. The SMILES string of the molecule is O=C(CCCc1ccccc1)NS(=O)(=O)/C=C/c1ccccc1. The van der Waals surface area contributed by atoms with E-state index in [9.17, 15) is 13.2 Å². The number of hydrogen-bond donors (Lipinski definition) is 1. The van der Waals surface area contributed by atoms with Crippen molar-refractivity contribution in [2.45, 2.75) is 19.3 Å². The second-order valence-electron chi connectivity index (χ2n) is 5.12. The van der Waals surface area contributed by atoms with Crippen molar-refractivity contribution in [3.8, 4) is 0 Å². The van der Waals surface area contributed by atoms with Crippen molar-refractivity contribution < 1.29 is 13.2 Å². The smallest absolute Gasteiger partial charge is 0.257 e. The molecule has 0 radical (unpaired) electrons. The number of carbonyl (C=O) groups is 1. The molecule has 0 aliphatic carbocycles. The first kappa shape index (κ1) is 17.0. The molecule has 0 aromatic heterocycles. The van der Waals surface area contributed by atoms with Crippen molar-refractivity contribution in [3.05, 3.63) is 77.2 Å². The molecular formula is C18H19NO3S. The van der Waals surface area contributed by atoms with Crippen LogP contribution in [0.3, 0.4) is 0 Å². The molecule has 0 saturated heterocycles. The fraction of sp³-hybridized carbons (Fsp3) is 0.167.